The molecule has 0 aliphatic carbocycles. The fraction of sp³-hybridized carbons (Fsp3) is 0.300. The summed E-state index contributed by atoms with van der Waals surface area (Å²) in [5, 5.41) is 11.8. The lowest BCUT2D eigenvalue weighted by Crippen LogP contribution is -2.34. The van der Waals surface area contributed by atoms with Gasteiger partial charge in [-0.05, 0) is 11.6 Å². The molecule has 9 heteroatoms. The molecule has 156 valence electrons. The van der Waals surface area contributed by atoms with Gasteiger partial charge in [-0.1, -0.05) is 48.5 Å². The van der Waals surface area contributed by atoms with Crippen LogP contribution in [0.15, 0.2) is 54.6 Å². The lowest BCUT2D eigenvalue weighted by atomic mass is 9.96. The van der Waals surface area contributed by atoms with Gasteiger partial charge in [-0.15, -0.1) is 12.4 Å². The second kappa shape index (κ2) is 9.28. The number of anilines is 1. The molecule has 2 atom stereocenters. The van der Waals surface area contributed by atoms with Crippen molar-refractivity contribution in [2.75, 3.05) is 25.0 Å². The van der Waals surface area contributed by atoms with Crippen molar-refractivity contribution in [1.29, 1.82) is 0 Å². The number of carbonyl (C=O) groups excluding carboxylic acids is 1. The van der Waals surface area contributed by atoms with E-state index < -0.39 is 36.4 Å². The summed E-state index contributed by atoms with van der Waals surface area (Å²) in [4.78, 5) is 24.8. The molecular formula is C20H20ClF3N2O3. The second-order valence-corrected chi connectivity index (χ2v) is 6.75. The summed E-state index contributed by atoms with van der Waals surface area (Å²) in [6.07, 6.45) is -4.62. The maximum atomic E-state index is 13.1. The maximum Gasteiger partial charge on any atom is 0.393 e. The van der Waals surface area contributed by atoms with Crippen molar-refractivity contribution in [2.24, 2.45) is 11.8 Å². The third kappa shape index (κ3) is 5.48. The quantitative estimate of drug-likeness (QED) is 0.757. The van der Waals surface area contributed by atoms with E-state index in [-0.39, 0.29) is 25.5 Å². The van der Waals surface area contributed by atoms with Gasteiger partial charge in [-0.2, -0.15) is 13.2 Å². The van der Waals surface area contributed by atoms with E-state index in [0.29, 0.717) is 5.69 Å². The Morgan fingerprint density at radius 2 is 1.66 bits per heavy atom. The number of aliphatic carboxylic acids is 1. The van der Waals surface area contributed by atoms with Crippen molar-refractivity contribution in [3.8, 4) is 11.1 Å². The van der Waals surface area contributed by atoms with E-state index in [1.807, 2.05) is 42.5 Å². The smallest absolute Gasteiger partial charge is 0.393 e. The number of benzene rings is 2. The molecule has 0 unspecified atom stereocenters. The Bertz CT molecular complexity index is 862. The van der Waals surface area contributed by atoms with Gasteiger partial charge in [0.15, 0.2) is 0 Å². The van der Waals surface area contributed by atoms with Gasteiger partial charge < -0.3 is 10.4 Å². The van der Waals surface area contributed by atoms with E-state index in [2.05, 4.69) is 5.32 Å². The Morgan fingerprint density at radius 1 is 1.03 bits per heavy atom. The van der Waals surface area contributed by atoms with Crippen molar-refractivity contribution in [3.63, 3.8) is 0 Å². The molecule has 0 saturated carbocycles. The summed E-state index contributed by atoms with van der Waals surface area (Å²) in [5.41, 5.74) is 2.22. The number of nitrogens with one attached hydrogen (secondary N) is 1. The van der Waals surface area contributed by atoms with Gasteiger partial charge in [-0.25, -0.2) is 0 Å². The Balaban J connectivity index is 0.00000300. The van der Waals surface area contributed by atoms with Crippen molar-refractivity contribution in [2.45, 2.75) is 6.18 Å². The van der Waals surface area contributed by atoms with E-state index in [1.54, 1.807) is 12.1 Å². The number of halogens is 4. The highest BCUT2D eigenvalue weighted by molar-refractivity contribution is 5.96. The van der Waals surface area contributed by atoms with Crippen LogP contribution >= 0.6 is 12.4 Å². The van der Waals surface area contributed by atoms with Crippen LogP contribution in [0.2, 0.25) is 0 Å². The van der Waals surface area contributed by atoms with Gasteiger partial charge >= 0.3 is 12.1 Å². The molecule has 5 nitrogen and oxygen atoms in total. The van der Waals surface area contributed by atoms with Crippen LogP contribution in [0.3, 0.4) is 0 Å². The summed E-state index contributed by atoms with van der Waals surface area (Å²) >= 11 is 0. The minimum atomic E-state index is -4.62. The standard InChI is InChI=1S/C20H19F3N2O3.ClH/c21-20(22,23)16-11-25(10-15(16)19(27)28)12-18(26)24-17-9-5-4-8-14(17)13-6-2-1-3-7-13;/h1-9,15-16H,10-12H2,(H,24,26)(H,27,28);1H/t15-,16-;/m1./s1. The number of carboxylic acid groups (broad SMARTS) is 1. The van der Waals surface area contributed by atoms with Crippen LogP contribution in [0.4, 0.5) is 18.9 Å². The number of hydrogen-bond donors (Lipinski definition) is 2. The number of para-hydroxylation sites is 1. The molecule has 2 N–H and O–H groups in total. The highest BCUT2D eigenvalue weighted by Gasteiger charge is 2.52. The first-order valence-electron chi connectivity index (χ1n) is 8.72. The van der Waals surface area contributed by atoms with Crippen LogP contribution in [0.1, 0.15) is 0 Å². The number of hydrogen-bond acceptors (Lipinski definition) is 3. The molecule has 2 aromatic carbocycles. The van der Waals surface area contributed by atoms with E-state index >= 15 is 0 Å². The second-order valence-electron chi connectivity index (χ2n) is 6.75. The average Bonchev–Trinajstić information content (AvgIpc) is 3.07. The molecule has 3 rings (SSSR count). The van der Waals surface area contributed by atoms with Crippen LogP contribution in [-0.2, 0) is 9.59 Å². The molecular weight excluding hydrogens is 409 g/mol. The number of nitrogens with zero attached hydrogens (tertiary/aromatic N) is 1. The molecule has 1 aliphatic heterocycles. The summed E-state index contributed by atoms with van der Waals surface area (Å²) in [7, 11) is 0. The topological polar surface area (TPSA) is 69.6 Å². The summed E-state index contributed by atoms with van der Waals surface area (Å²) in [6.45, 7) is -1.12. The Morgan fingerprint density at radius 3 is 2.24 bits per heavy atom. The third-order valence-corrected chi connectivity index (χ3v) is 4.79. The average molecular weight is 429 g/mol. The molecule has 29 heavy (non-hydrogen) atoms. The van der Waals surface area contributed by atoms with Gasteiger partial charge in [0, 0.05) is 24.3 Å². The number of amides is 1. The van der Waals surface area contributed by atoms with E-state index in [4.69, 9.17) is 5.11 Å². The van der Waals surface area contributed by atoms with Gasteiger partial charge in [0.1, 0.15) is 0 Å². The van der Waals surface area contributed by atoms with Crippen LogP contribution in [0.5, 0.6) is 0 Å². The third-order valence-electron chi connectivity index (χ3n) is 4.79. The zero-order chi connectivity index (χ0) is 20.3. The SMILES string of the molecule is Cl.O=C(CN1C[C@@H](C(F)(F)F)[C@H](C(=O)O)C1)Nc1ccccc1-c1ccccc1. The molecule has 1 amide bonds. The Labute approximate surface area is 171 Å². The molecule has 0 aromatic heterocycles. The van der Waals surface area contributed by atoms with Crippen LogP contribution in [0, 0.1) is 11.8 Å². The molecule has 1 heterocycles. The lowest BCUT2D eigenvalue weighted by molar-refractivity contribution is -0.188. The maximum absolute atomic E-state index is 13.1. The zero-order valence-electron chi connectivity index (χ0n) is 15.2. The van der Waals surface area contributed by atoms with E-state index in [1.165, 1.54) is 4.90 Å². The monoisotopic (exact) mass is 428 g/mol. The molecule has 0 spiro atoms. The van der Waals surface area contributed by atoms with Gasteiger partial charge in [0.2, 0.25) is 5.91 Å². The lowest BCUT2D eigenvalue weighted by Gasteiger charge is -2.18. The number of carbonyl (C=O) groups is 2. The van der Waals surface area contributed by atoms with Crippen LogP contribution < -0.4 is 5.32 Å². The minimum Gasteiger partial charge on any atom is -0.481 e. The first-order valence-corrected chi connectivity index (χ1v) is 8.72. The summed E-state index contributed by atoms with van der Waals surface area (Å²) in [6, 6.07) is 16.5. The normalized spacial score (nSPS) is 19.4. The highest BCUT2D eigenvalue weighted by Crippen LogP contribution is 2.37. The summed E-state index contributed by atoms with van der Waals surface area (Å²) < 4.78 is 39.2. The predicted molar refractivity (Wildman–Crippen MR) is 105 cm³/mol. The van der Waals surface area contributed by atoms with Crippen molar-refractivity contribution >= 4 is 30.0 Å². The molecule has 1 fully saturated rings. The fourth-order valence-electron chi connectivity index (χ4n) is 3.45. The van der Waals surface area contributed by atoms with Crippen LogP contribution in [-0.4, -0.2) is 47.7 Å². The minimum absolute atomic E-state index is 0. The van der Waals surface area contributed by atoms with Gasteiger partial charge in [0.25, 0.3) is 0 Å². The van der Waals surface area contributed by atoms with Crippen molar-refractivity contribution in [1.82, 2.24) is 4.90 Å². The molecule has 1 saturated heterocycles. The molecule has 2 aromatic rings. The first kappa shape index (κ1) is 22.7. The predicted octanol–water partition coefficient (Wildman–Crippen LogP) is 3.91. The van der Waals surface area contributed by atoms with Gasteiger partial charge in [-0.3, -0.25) is 14.5 Å². The highest BCUT2D eigenvalue weighted by atomic mass is 35.5. The Kier molecular flexibility index (Phi) is 7.26. The van der Waals surface area contributed by atoms with Gasteiger partial charge in [0.05, 0.1) is 18.4 Å². The first-order chi connectivity index (χ1) is 13.3. The van der Waals surface area contributed by atoms with E-state index in [9.17, 15) is 22.8 Å². The fourth-order valence-corrected chi connectivity index (χ4v) is 3.45. The van der Waals surface area contributed by atoms with Crippen LogP contribution in [0.25, 0.3) is 11.1 Å². The number of likely N-dealkylation sites (tertiary alicyclic amines) is 1. The molecule has 0 radical (unpaired) electrons. The van der Waals surface area contributed by atoms with E-state index in [0.717, 1.165) is 11.1 Å². The Hall–Kier alpha value is -2.58. The number of carboxylic acids is 1. The summed E-state index contributed by atoms with van der Waals surface area (Å²) in [5.74, 6) is -5.53. The largest absolute Gasteiger partial charge is 0.481 e. The van der Waals surface area contributed by atoms with Crippen molar-refractivity contribution < 1.29 is 27.9 Å². The number of rotatable bonds is 5. The zero-order valence-corrected chi connectivity index (χ0v) is 16.0. The van der Waals surface area contributed by atoms with Crippen molar-refractivity contribution in [3.05, 3.63) is 54.6 Å². The molecule has 1 aliphatic rings. The molecule has 0 bridgehead atoms. The number of alkyl halides is 3.